The Morgan fingerprint density at radius 1 is 1.00 bits per heavy atom. The number of para-hydroxylation sites is 1. The third kappa shape index (κ3) is 6.08. The molecular weight excluding hydrogens is 703 g/mol. The molecule has 0 aliphatic heterocycles. The molecule has 214 valence electrons. The van der Waals surface area contributed by atoms with Crippen molar-refractivity contribution >= 4 is 60.6 Å². The van der Waals surface area contributed by atoms with Crippen molar-refractivity contribution in [1.29, 1.82) is 0 Å². The van der Waals surface area contributed by atoms with Crippen LogP contribution in [0.1, 0.15) is 16.7 Å². The van der Waals surface area contributed by atoms with Crippen LogP contribution >= 0.6 is 43.5 Å². The summed E-state index contributed by atoms with van der Waals surface area (Å²) in [5.41, 5.74) is 0.241. The van der Waals surface area contributed by atoms with Gasteiger partial charge in [-0.15, -0.1) is 0 Å². The molecule has 5 aromatic rings. The van der Waals surface area contributed by atoms with Gasteiger partial charge in [0.15, 0.2) is 17.3 Å². The maximum absolute atomic E-state index is 13.5. The van der Waals surface area contributed by atoms with Crippen molar-refractivity contribution in [3.05, 3.63) is 120 Å². The van der Waals surface area contributed by atoms with Crippen molar-refractivity contribution in [2.75, 3.05) is 7.11 Å². The molecule has 0 bridgehead atoms. The van der Waals surface area contributed by atoms with Crippen LogP contribution in [0.4, 0.5) is 13.2 Å². The summed E-state index contributed by atoms with van der Waals surface area (Å²) in [6, 6.07) is 20.1. The lowest BCUT2D eigenvalue weighted by atomic mass is 10.1. The number of benzene rings is 4. The average molecular weight is 722 g/mol. The number of halogens is 6. The van der Waals surface area contributed by atoms with Crippen LogP contribution in [0.5, 0.6) is 11.5 Å². The average Bonchev–Trinajstić information content (AvgIpc) is 2.98. The molecule has 12 heteroatoms. The maximum Gasteiger partial charge on any atom is 0.416 e. The summed E-state index contributed by atoms with van der Waals surface area (Å²) in [6.45, 7) is 0.174. The molecule has 0 atom stereocenters. The Hall–Kier alpha value is -3.67. The number of hydrogen-bond donors (Lipinski definition) is 0. The molecule has 4 aromatic carbocycles. The third-order valence-electron chi connectivity index (χ3n) is 6.22. The Bertz CT molecular complexity index is 1890. The van der Waals surface area contributed by atoms with Gasteiger partial charge in [0, 0.05) is 26.2 Å². The Labute approximate surface area is 259 Å². The van der Waals surface area contributed by atoms with Gasteiger partial charge in [-0.25, -0.2) is 4.98 Å². The highest BCUT2D eigenvalue weighted by Crippen LogP contribution is 2.43. The van der Waals surface area contributed by atoms with E-state index in [0.29, 0.717) is 36.5 Å². The van der Waals surface area contributed by atoms with Gasteiger partial charge in [-0.05, 0) is 68.3 Å². The lowest BCUT2D eigenvalue weighted by Crippen LogP contribution is -2.20. The Kier molecular flexibility index (Phi) is 8.72. The standard InChI is InChI=1S/C30H19Br2ClF3N3O3/c1-41-24-14-19(25(31)26(32)27(24)42-16-18-7-2-4-11-22(18)33)15-37-39-28(17-8-6-9-20(13-17)30(34,35)36)38-23-12-5-3-10-21(23)29(39)40/h2-15H,16H2,1H3. The Morgan fingerprint density at radius 2 is 1.74 bits per heavy atom. The molecule has 6 nitrogen and oxygen atoms in total. The molecule has 0 aliphatic carbocycles. The van der Waals surface area contributed by atoms with Gasteiger partial charge >= 0.3 is 6.18 Å². The SMILES string of the molecule is COc1cc(C=Nn2c(-c3cccc(C(F)(F)F)c3)nc3ccccc3c2=O)c(Br)c(Br)c1OCc1ccccc1Cl. The van der Waals surface area contributed by atoms with E-state index in [1.807, 2.05) is 18.2 Å². The van der Waals surface area contributed by atoms with Gasteiger partial charge in [0.2, 0.25) is 0 Å². The topological polar surface area (TPSA) is 65.7 Å². The van der Waals surface area contributed by atoms with Crippen LogP contribution in [0.2, 0.25) is 5.02 Å². The number of hydrogen-bond acceptors (Lipinski definition) is 5. The van der Waals surface area contributed by atoms with E-state index >= 15 is 0 Å². The molecule has 0 unspecified atom stereocenters. The first-order valence-corrected chi connectivity index (χ1v) is 14.2. The van der Waals surface area contributed by atoms with Gasteiger partial charge in [0.1, 0.15) is 6.61 Å². The lowest BCUT2D eigenvalue weighted by molar-refractivity contribution is -0.137. The first-order chi connectivity index (χ1) is 20.1. The largest absolute Gasteiger partial charge is 0.493 e. The van der Waals surface area contributed by atoms with Crippen LogP contribution < -0.4 is 15.0 Å². The highest BCUT2D eigenvalue weighted by Gasteiger charge is 2.31. The number of fused-ring (bicyclic) bond motifs is 1. The molecule has 0 spiro atoms. The van der Waals surface area contributed by atoms with E-state index < -0.39 is 17.3 Å². The molecule has 42 heavy (non-hydrogen) atoms. The van der Waals surface area contributed by atoms with Crippen LogP contribution in [0.15, 0.2) is 97.7 Å². The van der Waals surface area contributed by atoms with E-state index in [4.69, 9.17) is 21.1 Å². The Balaban J connectivity index is 1.59. The molecule has 0 amide bonds. The van der Waals surface area contributed by atoms with E-state index in [-0.39, 0.29) is 23.4 Å². The fraction of sp³-hybridized carbons (Fsp3) is 0.100. The molecule has 0 saturated carbocycles. The maximum atomic E-state index is 13.5. The minimum Gasteiger partial charge on any atom is -0.493 e. The highest BCUT2D eigenvalue weighted by molar-refractivity contribution is 9.13. The summed E-state index contributed by atoms with van der Waals surface area (Å²) in [6.07, 6.45) is -3.20. The van der Waals surface area contributed by atoms with Gasteiger partial charge in [-0.1, -0.05) is 54.1 Å². The zero-order chi connectivity index (χ0) is 30.0. The quantitative estimate of drug-likeness (QED) is 0.158. The van der Waals surface area contributed by atoms with Gasteiger partial charge < -0.3 is 9.47 Å². The van der Waals surface area contributed by atoms with Crippen molar-refractivity contribution in [3.8, 4) is 22.9 Å². The second-order valence-corrected chi connectivity index (χ2v) is 10.9. The van der Waals surface area contributed by atoms with Crippen molar-refractivity contribution in [2.45, 2.75) is 12.8 Å². The molecule has 1 aromatic heterocycles. The molecule has 5 rings (SSSR count). The van der Waals surface area contributed by atoms with Gasteiger partial charge in [-0.2, -0.15) is 22.9 Å². The minimum absolute atomic E-state index is 0.0529. The van der Waals surface area contributed by atoms with E-state index in [9.17, 15) is 18.0 Å². The first kappa shape index (κ1) is 29.8. The summed E-state index contributed by atoms with van der Waals surface area (Å²) >= 11 is 13.3. The molecule has 0 radical (unpaired) electrons. The van der Waals surface area contributed by atoms with Crippen molar-refractivity contribution < 1.29 is 22.6 Å². The molecule has 0 saturated heterocycles. The fourth-order valence-corrected chi connectivity index (χ4v) is 5.25. The van der Waals surface area contributed by atoms with Crippen LogP contribution in [0.25, 0.3) is 22.3 Å². The van der Waals surface area contributed by atoms with Crippen LogP contribution in [-0.2, 0) is 12.8 Å². The summed E-state index contributed by atoms with van der Waals surface area (Å²) in [7, 11) is 1.47. The van der Waals surface area contributed by atoms with Crippen LogP contribution in [0, 0.1) is 0 Å². The number of nitrogens with zero attached hydrogens (tertiary/aromatic N) is 3. The number of alkyl halides is 3. The monoisotopic (exact) mass is 719 g/mol. The zero-order valence-electron chi connectivity index (χ0n) is 21.6. The normalized spacial score (nSPS) is 11.8. The van der Waals surface area contributed by atoms with Crippen molar-refractivity contribution in [3.63, 3.8) is 0 Å². The third-order valence-corrected chi connectivity index (χ3v) is 8.73. The van der Waals surface area contributed by atoms with Crippen LogP contribution in [-0.4, -0.2) is 23.0 Å². The smallest absolute Gasteiger partial charge is 0.416 e. The second-order valence-electron chi connectivity index (χ2n) is 8.90. The number of rotatable bonds is 7. The van der Waals surface area contributed by atoms with E-state index in [0.717, 1.165) is 22.4 Å². The summed E-state index contributed by atoms with van der Waals surface area (Å²) in [5.74, 6) is 0.708. The second kappa shape index (κ2) is 12.3. The van der Waals surface area contributed by atoms with Crippen molar-refractivity contribution in [1.82, 2.24) is 9.66 Å². The van der Waals surface area contributed by atoms with Gasteiger partial charge in [0.05, 0.1) is 34.3 Å². The zero-order valence-corrected chi connectivity index (χ0v) is 25.6. The Morgan fingerprint density at radius 3 is 2.48 bits per heavy atom. The van der Waals surface area contributed by atoms with Gasteiger partial charge in [-0.3, -0.25) is 4.79 Å². The van der Waals surface area contributed by atoms with E-state index in [2.05, 4.69) is 41.9 Å². The molecule has 0 aliphatic rings. The summed E-state index contributed by atoms with van der Waals surface area (Å²) < 4.78 is 54.1. The molecular formula is C30H19Br2ClF3N3O3. The van der Waals surface area contributed by atoms with E-state index in [1.54, 1.807) is 36.4 Å². The minimum atomic E-state index is -4.58. The van der Waals surface area contributed by atoms with Gasteiger partial charge in [0.25, 0.3) is 5.56 Å². The molecule has 0 fully saturated rings. The highest BCUT2D eigenvalue weighted by atomic mass is 79.9. The van der Waals surface area contributed by atoms with Crippen molar-refractivity contribution in [2.24, 2.45) is 5.10 Å². The van der Waals surface area contributed by atoms with Crippen LogP contribution in [0.3, 0.4) is 0 Å². The summed E-state index contributed by atoms with van der Waals surface area (Å²) in [5, 5.41) is 5.19. The predicted molar refractivity (Wildman–Crippen MR) is 164 cm³/mol. The number of methoxy groups -OCH3 is 1. The lowest BCUT2D eigenvalue weighted by Gasteiger charge is -2.16. The van der Waals surface area contributed by atoms with E-state index in [1.165, 1.54) is 25.5 Å². The molecule has 1 heterocycles. The number of ether oxygens (including phenoxy) is 2. The first-order valence-electron chi connectivity index (χ1n) is 12.2. The fourth-order valence-electron chi connectivity index (χ4n) is 4.12. The number of aromatic nitrogens is 2. The summed E-state index contributed by atoms with van der Waals surface area (Å²) in [4.78, 5) is 18.0. The molecule has 0 N–H and O–H groups in total. The predicted octanol–water partition coefficient (Wildman–Crippen LogP) is 8.73.